The molecule has 0 atom stereocenters. The van der Waals surface area contributed by atoms with E-state index in [1.807, 2.05) is 0 Å². The lowest BCUT2D eigenvalue weighted by Crippen LogP contribution is -2.55. The summed E-state index contributed by atoms with van der Waals surface area (Å²) >= 11 is 0. The molecule has 0 amide bonds. The summed E-state index contributed by atoms with van der Waals surface area (Å²) in [6.45, 7) is 16.0. The molecule has 0 N–H and O–H groups in total. The Hall–Kier alpha value is -0.190. The van der Waals surface area contributed by atoms with Gasteiger partial charge in [0.25, 0.3) is 0 Å². The maximum atomic E-state index is 13.4. The van der Waals surface area contributed by atoms with Gasteiger partial charge in [0.1, 0.15) is 6.17 Å². The second kappa shape index (κ2) is 7.14. The summed E-state index contributed by atoms with van der Waals surface area (Å²) in [5.74, 6) is 0. The molecule has 2 saturated heterocycles. The summed E-state index contributed by atoms with van der Waals surface area (Å²) in [5.41, 5.74) is 0.445. The minimum Gasteiger partial charge on any atom is -0.304 e. The fraction of sp³-hybridized carbons (Fsp3) is 1.00. The van der Waals surface area contributed by atoms with Crippen LogP contribution in [0.2, 0.25) is 0 Å². The molecule has 3 nitrogen and oxygen atoms in total. The molecule has 0 spiro atoms. The first-order valence-corrected chi connectivity index (χ1v) is 9.03. The Morgan fingerprint density at radius 1 is 0.773 bits per heavy atom. The Morgan fingerprint density at radius 3 is 1.64 bits per heavy atom. The SMILES string of the molecule is CN1CCN(C(C)(C)CCC(C)(C)N2CCC(F)CC2)CC1. The van der Waals surface area contributed by atoms with Gasteiger partial charge in [-0.05, 0) is 60.4 Å². The predicted molar refractivity (Wildman–Crippen MR) is 92.2 cm³/mol. The Kier molecular flexibility index (Phi) is 5.89. The lowest BCUT2D eigenvalue weighted by molar-refractivity contribution is 0.0232. The minimum atomic E-state index is -0.575. The van der Waals surface area contributed by atoms with E-state index in [0.29, 0.717) is 12.8 Å². The van der Waals surface area contributed by atoms with Gasteiger partial charge in [-0.15, -0.1) is 0 Å². The first-order valence-electron chi connectivity index (χ1n) is 9.03. The van der Waals surface area contributed by atoms with Crippen LogP contribution in [-0.4, -0.2) is 78.3 Å². The fourth-order valence-corrected chi connectivity index (χ4v) is 3.79. The van der Waals surface area contributed by atoms with Gasteiger partial charge in [-0.2, -0.15) is 0 Å². The Balaban J connectivity index is 1.84. The van der Waals surface area contributed by atoms with Crippen molar-refractivity contribution >= 4 is 0 Å². The van der Waals surface area contributed by atoms with Crippen molar-refractivity contribution in [2.45, 2.75) is 70.6 Å². The zero-order chi connectivity index (χ0) is 16.4. The van der Waals surface area contributed by atoms with Gasteiger partial charge in [0.05, 0.1) is 0 Å². The van der Waals surface area contributed by atoms with Crippen molar-refractivity contribution in [2.75, 3.05) is 46.3 Å². The van der Waals surface area contributed by atoms with Crippen molar-refractivity contribution in [1.82, 2.24) is 14.7 Å². The summed E-state index contributed by atoms with van der Waals surface area (Å²) in [6, 6.07) is 0. The van der Waals surface area contributed by atoms with E-state index >= 15 is 0 Å². The van der Waals surface area contributed by atoms with E-state index in [4.69, 9.17) is 0 Å². The van der Waals surface area contributed by atoms with Crippen LogP contribution in [-0.2, 0) is 0 Å². The van der Waals surface area contributed by atoms with Crippen molar-refractivity contribution in [3.63, 3.8) is 0 Å². The third-order valence-corrected chi connectivity index (χ3v) is 5.99. The molecule has 4 heteroatoms. The highest BCUT2D eigenvalue weighted by Gasteiger charge is 2.35. The fourth-order valence-electron chi connectivity index (χ4n) is 3.79. The van der Waals surface area contributed by atoms with Gasteiger partial charge >= 0.3 is 0 Å². The Labute approximate surface area is 136 Å². The number of likely N-dealkylation sites (N-methyl/N-ethyl adjacent to an activating group) is 1. The van der Waals surface area contributed by atoms with E-state index in [-0.39, 0.29) is 11.1 Å². The van der Waals surface area contributed by atoms with Gasteiger partial charge in [-0.1, -0.05) is 0 Å². The number of likely N-dealkylation sites (tertiary alicyclic amines) is 1. The average molecular weight is 314 g/mol. The molecule has 0 unspecified atom stereocenters. The van der Waals surface area contributed by atoms with E-state index in [2.05, 4.69) is 49.4 Å². The zero-order valence-corrected chi connectivity index (χ0v) is 15.4. The summed E-state index contributed by atoms with van der Waals surface area (Å²) in [6.07, 6.45) is 3.24. The molecule has 2 fully saturated rings. The van der Waals surface area contributed by atoms with Crippen LogP contribution in [0.1, 0.15) is 53.4 Å². The van der Waals surface area contributed by atoms with E-state index in [0.717, 1.165) is 13.1 Å². The first-order chi connectivity index (χ1) is 10.2. The van der Waals surface area contributed by atoms with Crippen LogP contribution in [0.15, 0.2) is 0 Å². The van der Waals surface area contributed by atoms with Crippen LogP contribution in [0.5, 0.6) is 0 Å². The van der Waals surface area contributed by atoms with Crippen LogP contribution in [0, 0.1) is 0 Å². The predicted octanol–water partition coefficient (Wildman–Crippen LogP) is 3.01. The Morgan fingerprint density at radius 2 is 1.18 bits per heavy atom. The molecule has 2 aliphatic heterocycles. The van der Waals surface area contributed by atoms with Gasteiger partial charge in [0.2, 0.25) is 0 Å². The smallest absolute Gasteiger partial charge is 0.103 e. The highest BCUT2D eigenvalue weighted by molar-refractivity contribution is 4.91. The molecular weight excluding hydrogens is 277 g/mol. The zero-order valence-electron chi connectivity index (χ0n) is 15.4. The second-order valence-corrected chi connectivity index (χ2v) is 8.58. The van der Waals surface area contributed by atoms with Gasteiger partial charge < -0.3 is 4.90 Å². The number of nitrogens with zero attached hydrogens (tertiary/aromatic N) is 3. The third-order valence-electron chi connectivity index (χ3n) is 5.99. The molecule has 0 radical (unpaired) electrons. The van der Waals surface area contributed by atoms with E-state index in [1.165, 1.54) is 39.0 Å². The van der Waals surface area contributed by atoms with Crippen molar-refractivity contribution in [3.05, 3.63) is 0 Å². The number of hydrogen-bond donors (Lipinski definition) is 0. The normalized spacial score (nSPS) is 24.8. The quantitative estimate of drug-likeness (QED) is 0.772. The molecule has 22 heavy (non-hydrogen) atoms. The van der Waals surface area contributed by atoms with Gasteiger partial charge in [-0.25, -0.2) is 4.39 Å². The molecule has 2 aliphatic rings. The maximum absolute atomic E-state index is 13.4. The summed E-state index contributed by atoms with van der Waals surface area (Å²) in [7, 11) is 2.21. The van der Waals surface area contributed by atoms with Crippen LogP contribution < -0.4 is 0 Å². The number of hydrogen-bond acceptors (Lipinski definition) is 3. The number of halogens is 1. The molecule has 0 aromatic heterocycles. The van der Waals surface area contributed by atoms with Crippen molar-refractivity contribution in [3.8, 4) is 0 Å². The molecule has 2 rings (SSSR count). The van der Waals surface area contributed by atoms with Gasteiger partial charge in [0.15, 0.2) is 0 Å². The molecule has 2 heterocycles. The van der Waals surface area contributed by atoms with Crippen molar-refractivity contribution < 1.29 is 4.39 Å². The largest absolute Gasteiger partial charge is 0.304 e. The molecule has 0 aromatic rings. The third kappa shape index (κ3) is 4.65. The van der Waals surface area contributed by atoms with Crippen LogP contribution in [0.3, 0.4) is 0 Å². The molecule has 0 aliphatic carbocycles. The molecule has 0 saturated carbocycles. The summed E-state index contributed by atoms with van der Waals surface area (Å²) < 4.78 is 13.4. The summed E-state index contributed by atoms with van der Waals surface area (Å²) in [4.78, 5) is 7.57. The minimum absolute atomic E-state index is 0.185. The number of piperidine rings is 1. The molecule has 0 bridgehead atoms. The number of piperazine rings is 1. The average Bonchev–Trinajstić information content (AvgIpc) is 2.46. The second-order valence-electron chi connectivity index (χ2n) is 8.58. The highest BCUT2D eigenvalue weighted by Crippen LogP contribution is 2.31. The highest BCUT2D eigenvalue weighted by atomic mass is 19.1. The summed E-state index contributed by atoms with van der Waals surface area (Å²) in [5, 5.41) is 0. The number of rotatable bonds is 5. The van der Waals surface area contributed by atoms with Crippen molar-refractivity contribution in [2.24, 2.45) is 0 Å². The topological polar surface area (TPSA) is 9.72 Å². The van der Waals surface area contributed by atoms with E-state index in [9.17, 15) is 4.39 Å². The maximum Gasteiger partial charge on any atom is 0.103 e. The standard InChI is InChI=1S/C18H36FN3/c1-17(2,21-10-6-16(19)7-11-21)8-9-18(3,4)22-14-12-20(5)13-15-22/h16H,6-15H2,1-5H3. The lowest BCUT2D eigenvalue weighted by Gasteiger charge is -2.47. The van der Waals surface area contributed by atoms with E-state index < -0.39 is 6.17 Å². The van der Waals surface area contributed by atoms with Crippen molar-refractivity contribution in [1.29, 1.82) is 0 Å². The van der Waals surface area contributed by atoms with Crippen LogP contribution >= 0.6 is 0 Å². The van der Waals surface area contributed by atoms with Crippen LogP contribution in [0.25, 0.3) is 0 Å². The van der Waals surface area contributed by atoms with E-state index in [1.54, 1.807) is 0 Å². The van der Waals surface area contributed by atoms with Gasteiger partial charge in [-0.3, -0.25) is 9.80 Å². The Bertz CT molecular complexity index is 306. The molecule has 130 valence electrons. The monoisotopic (exact) mass is 313 g/mol. The number of alkyl halides is 1. The van der Waals surface area contributed by atoms with Gasteiger partial charge in [0, 0.05) is 50.3 Å². The van der Waals surface area contributed by atoms with Crippen LogP contribution in [0.4, 0.5) is 4.39 Å². The molecular formula is C18H36FN3. The lowest BCUT2D eigenvalue weighted by atomic mass is 9.86. The molecule has 0 aromatic carbocycles. The first kappa shape index (κ1) is 18.2.